The number of thiazole rings is 1. The fourth-order valence-electron chi connectivity index (χ4n) is 2.69. The molecule has 0 aliphatic carbocycles. The molecule has 0 aliphatic heterocycles. The molecule has 3 aromatic rings. The van der Waals surface area contributed by atoms with Crippen molar-refractivity contribution in [1.82, 2.24) is 25.1 Å². The summed E-state index contributed by atoms with van der Waals surface area (Å²) in [4.78, 5) is 28.8. The highest BCUT2D eigenvalue weighted by molar-refractivity contribution is 8.00. The molecule has 0 radical (unpaired) electrons. The monoisotopic (exact) mass is 448 g/mol. The molecule has 0 aliphatic rings. The fourth-order valence-corrected chi connectivity index (χ4v) is 4.14. The highest BCUT2D eigenvalue weighted by Gasteiger charge is 2.24. The summed E-state index contributed by atoms with van der Waals surface area (Å²) in [7, 11) is 0. The van der Waals surface area contributed by atoms with Gasteiger partial charge < -0.3 is 15.2 Å². The summed E-state index contributed by atoms with van der Waals surface area (Å²) in [6.07, 6.45) is 1.62. The first kappa shape index (κ1) is 21.9. The highest BCUT2D eigenvalue weighted by Crippen LogP contribution is 2.26. The Labute approximate surface area is 181 Å². The van der Waals surface area contributed by atoms with E-state index < -0.39 is 23.0 Å². The third-order valence-electron chi connectivity index (χ3n) is 4.23. The molecule has 30 heavy (non-hydrogen) atoms. The molecule has 0 fully saturated rings. The number of benzene rings is 1. The van der Waals surface area contributed by atoms with Crippen molar-refractivity contribution in [3.05, 3.63) is 53.0 Å². The van der Waals surface area contributed by atoms with E-state index in [9.17, 15) is 14.0 Å². The Morgan fingerprint density at radius 2 is 2.03 bits per heavy atom. The van der Waals surface area contributed by atoms with Crippen LogP contribution in [0.3, 0.4) is 0 Å². The van der Waals surface area contributed by atoms with E-state index in [1.54, 1.807) is 31.5 Å². The number of hydrogen-bond donors (Lipinski definition) is 2. The molecule has 0 unspecified atom stereocenters. The second-order valence-corrected chi connectivity index (χ2v) is 8.55. The van der Waals surface area contributed by atoms with Gasteiger partial charge in [-0.3, -0.25) is 9.59 Å². The number of nitrogens with one attached hydrogen (secondary N) is 2. The van der Waals surface area contributed by atoms with E-state index in [1.807, 2.05) is 11.5 Å². The predicted molar refractivity (Wildman–Crippen MR) is 114 cm³/mol. The Morgan fingerprint density at radius 1 is 1.27 bits per heavy atom. The smallest absolute Gasteiger partial charge is 0.254 e. The van der Waals surface area contributed by atoms with Crippen molar-refractivity contribution < 1.29 is 14.0 Å². The van der Waals surface area contributed by atoms with Gasteiger partial charge in [0.1, 0.15) is 5.82 Å². The zero-order valence-corrected chi connectivity index (χ0v) is 18.3. The molecule has 11 heteroatoms. The standard InChI is InChI=1S/C19H21FN6O2S2/c1-4-26-15(11(2)22-17(28)13-7-5-6-8-14(13)20)24-25-19(26)30-12(3)16(27)23-18-21-9-10-29-18/h5-12H,4H2,1-3H3,(H,22,28)(H,21,23,27)/t11-,12+/m0/s1. The number of halogens is 1. The molecule has 0 spiro atoms. The summed E-state index contributed by atoms with van der Waals surface area (Å²) in [5.74, 6) is -0.785. The van der Waals surface area contributed by atoms with Gasteiger partial charge in [0.2, 0.25) is 5.91 Å². The van der Waals surface area contributed by atoms with Gasteiger partial charge in [-0.15, -0.1) is 21.5 Å². The van der Waals surface area contributed by atoms with Crippen LogP contribution in [0.2, 0.25) is 0 Å². The number of anilines is 1. The molecular formula is C19H21FN6O2S2. The third kappa shape index (κ3) is 5.03. The molecule has 8 nitrogen and oxygen atoms in total. The number of carbonyl (C=O) groups is 2. The lowest BCUT2D eigenvalue weighted by Crippen LogP contribution is -2.29. The van der Waals surface area contributed by atoms with Gasteiger partial charge in [-0.1, -0.05) is 23.9 Å². The average molecular weight is 449 g/mol. The van der Waals surface area contributed by atoms with Gasteiger partial charge in [-0.25, -0.2) is 9.37 Å². The first-order chi connectivity index (χ1) is 14.4. The summed E-state index contributed by atoms with van der Waals surface area (Å²) in [6, 6.07) is 5.29. The van der Waals surface area contributed by atoms with Crippen LogP contribution < -0.4 is 10.6 Å². The van der Waals surface area contributed by atoms with E-state index in [1.165, 1.54) is 41.3 Å². The quantitative estimate of drug-likeness (QED) is 0.512. The minimum Gasteiger partial charge on any atom is -0.342 e. The molecule has 1 aromatic carbocycles. The lowest BCUT2D eigenvalue weighted by atomic mass is 10.2. The van der Waals surface area contributed by atoms with Crippen molar-refractivity contribution in [3.8, 4) is 0 Å². The van der Waals surface area contributed by atoms with E-state index in [2.05, 4.69) is 25.8 Å². The van der Waals surface area contributed by atoms with Crippen LogP contribution in [0.15, 0.2) is 41.0 Å². The molecule has 2 amide bonds. The van der Waals surface area contributed by atoms with Crippen LogP contribution in [-0.2, 0) is 11.3 Å². The fraction of sp³-hybridized carbons (Fsp3) is 0.316. The SMILES string of the molecule is CCn1c(S[C@H](C)C(=O)Nc2nccs2)nnc1[C@H](C)NC(=O)c1ccccc1F. The molecular weight excluding hydrogens is 427 g/mol. The summed E-state index contributed by atoms with van der Waals surface area (Å²) >= 11 is 2.61. The minimum absolute atomic E-state index is 0.0333. The van der Waals surface area contributed by atoms with Crippen molar-refractivity contribution in [3.63, 3.8) is 0 Å². The third-order valence-corrected chi connectivity index (χ3v) is 6.00. The Bertz CT molecular complexity index is 1020. The number of rotatable bonds is 8. The van der Waals surface area contributed by atoms with Crippen LogP contribution in [0.25, 0.3) is 0 Å². The lowest BCUT2D eigenvalue weighted by molar-refractivity contribution is -0.115. The summed E-state index contributed by atoms with van der Waals surface area (Å²) < 4.78 is 15.7. The topological polar surface area (TPSA) is 102 Å². The van der Waals surface area contributed by atoms with Crippen LogP contribution >= 0.6 is 23.1 Å². The number of thioether (sulfide) groups is 1. The average Bonchev–Trinajstić information content (AvgIpc) is 3.37. The molecule has 3 rings (SSSR count). The first-order valence-electron chi connectivity index (χ1n) is 9.26. The van der Waals surface area contributed by atoms with Crippen molar-refractivity contribution in [2.75, 3.05) is 5.32 Å². The normalized spacial score (nSPS) is 12.9. The largest absolute Gasteiger partial charge is 0.342 e. The van der Waals surface area contributed by atoms with Crippen LogP contribution in [0.5, 0.6) is 0 Å². The van der Waals surface area contributed by atoms with Crippen molar-refractivity contribution >= 4 is 40.0 Å². The predicted octanol–water partition coefficient (Wildman–Crippen LogP) is 3.50. The number of amides is 2. The van der Waals surface area contributed by atoms with Gasteiger partial charge in [0.15, 0.2) is 16.1 Å². The van der Waals surface area contributed by atoms with Crippen LogP contribution in [0.1, 0.15) is 43.0 Å². The van der Waals surface area contributed by atoms with E-state index in [0.717, 1.165) is 0 Å². The van der Waals surface area contributed by atoms with E-state index in [-0.39, 0.29) is 11.5 Å². The Balaban J connectivity index is 1.69. The van der Waals surface area contributed by atoms with Gasteiger partial charge in [0.05, 0.1) is 16.9 Å². The zero-order valence-electron chi connectivity index (χ0n) is 16.6. The van der Waals surface area contributed by atoms with Crippen molar-refractivity contribution in [2.24, 2.45) is 0 Å². The second kappa shape index (κ2) is 9.81. The van der Waals surface area contributed by atoms with Crippen LogP contribution in [-0.4, -0.2) is 36.8 Å². The molecule has 158 valence electrons. The van der Waals surface area contributed by atoms with Gasteiger partial charge in [0.25, 0.3) is 5.91 Å². The molecule has 0 bridgehead atoms. The van der Waals surface area contributed by atoms with E-state index >= 15 is 0 Å². The van der Waals surface area contributed by atoms with Crippen LogP contribution in [0.4, 0.5) is 9.52 Å². The molecule has 0 saturated heterocycles. The Kier molecular flexibility index (Phi) is 7.16. The number of aromatic nitrogens is 4. The van der Waals surface area contributed by atoms with Gasteiger partial charge >= 0.3 is 0 Å². The number of carbonyl (C=O) groups excluding carboxylic acids is 2. The first-order valence-corrected chi connectivity index (χ1v) is 11.0. The Hall–Kier alpha value is -2.79. The zero-order chi connectivity index (χ0) is 21.7. The maximum Gasteiger partial charge on any atom is 0.254 e. The molecule has 2 N–H and O–H groups in total. The maximum absolute atomic E-state index is 13.9. The van der Waals surface area contributed by atoms with Gasteiger partial charge in [-0.2, -0.15) is 0 Å². The summed E-state index contributed by atoms with van der Waals surface area (Å²) in [6.45, 7) is 5.99. The van der Waals surface area contributed by atoms with Gasteiger partial charge in [0, 0.05) is 18.1 Å². The van der Waals surface area contributed by atoms with Crippen molar-refractivity contribution in [2.45, 2.75) is 43.8 Å². The van der Waals surface area contributed by atoms with Crippen LogP contribution in [0, 0.1) is 5.82 Å². The summed E-state index contributed by atoms with van der Waals surface area (Å²) in [5.41, 5.74) is -0.0333. The highest BCUT2D eigenvalue weighted by atomic mass is 32.2. The molecule has 2 atom stereocenters. The molecule has 2 aromatic heterocycles. The Morgan fingerprint density at radius 3 is 2.70 bits per heavy atom. The van der Waals surface area contributed by atoms with E-state index in [4.69, 9.17) is 0 Å². The maximum atomic E-state index is 13.9. The number of hydrogen-bond acceptors (Lipinski definition) is 7. The second-order valence-electron chi connectivity index (χ2n) is 6.35. The summed E-state index contributed by atoms with van der Waals surface area (Å²) in [5, 5.41) is 16.3. The van der Waals surface area contributed by atoms with Gasteiger partial charge in [-0.05, 0) is 32.9 Å². The molecule has 0 saturated carbocycles. The van der Waals surface area contributed by atoms with Crippen molar-refractivity contribution in [1.29, 1.82) is 0 Å². The minimum atomic E-state index is -0.588. The number of nitrogens with zero attached hydrogens (tertiary/aromatic N) is 4. The lowest BCUT2D eigenvalue weighted by Gasteiger charge is -2.16. The van der Waals surface area contributed by atoms with E-state index in [0.29, 0.717) is 22.7 Å². The molecule has 2 heterocycles.